The smallest absolute Gasteiger partial charge is 0.0615 e. The molecule has 98 valence electrons. The van der Waals surface area contributed by atoms with Crippen molar-refractivity contribution >= 4 is 13.6 Å². The molecule has 0 aliphatic heterocycles. The van der Waals surface area contributed by atoms with E-state index < -0.39 is 0 Å². The Kier molecular flexibility index (Phi) is 5.75. The molecule has 0 saturated carbocycles. The standard InChI is InChI=1S/C16H24NP/c1-12(2)18(13(3)4)14(5)11-16(17)15-9-7-6-8-10-15/h6-13,17H,1-5H3/b14-11+,17-16?. The minimum absolute atomic E-state index is 0.142. The Morgan fingerprint density at radius 1 is 1.06 bits per heavy atom. The normalized spacial score (nSPS) is 12.6. The van der Waals surface area contributed by atoms with Gasteiger partial charge in [-0.3, -0.25) is 0 Å². The van der Waals surface area contributed by atoms with E-state index in [0.717, 1.165) is 5.56 Å². The van der Waals surface area contributed by atoms with E-state index in [4.69, 9.17) is 5.41 Å². The highest BCUT2D eigenvalue weighted by molar-refractivity contribution is 7.63. The predicted molar refractivity (Wildman–Crippen MR) is 84.2 cm³/mol. The molecule has 0 spiro atoms. The van der Waals surface area contributed by atoms with Crippen LogP contribution in [0.3, 0.4) is 0 Å². The van der Waals surface area contributed by atoms with Crippen LogP contribution in [0, 0.1) is 5.41 Å². The lowest BCUT2D eigenvalue weighted by molar-refractivity contribution is 1.01. The number of allylic oxidation sites excluding steroid dienone is 2. The fourth-order valence-electron chi connectivity index (χ4n) is 2.40. The molecule has 0 heterocycles. The number of hydrogen-bond donors (Lipinski definition) is 1. The average molecular weight is 261 g/mol. The molecule has 0 aliphatic carbocycles. The van der Waals surface area contributed by atoms with Gasteiger partial charge in [-0.1, -0.05) is 65.9 Å². The molecule has 0 amide bonds. The molecule has 1 aromatic carbocycles. The summed E-state index contributed by atoms with van der Waals surface area (Å²) in [4.78, 5) is 0. The lowest BCUT2D eigenvalue weighted by Gasteiger charge is -2.26. The molecule has 2 heteroatoms. The Balaban J connectivity index is 2.92. The quantitative estimate of drug-likeness (QED) is 0.552. The maximum atomic E-state index is 8.17. The highest BCUT2D eigenvalue weighted by Crippen LogP contribution is 2.53. The molecule has 0 bridgehead atoms. The first kappa shape index (κ1) is 15.1. The monoisotopic (exact) mass is 261 g/mol. The second-order valence-electron chi connectivity index (χ2n) is 5.16. The predicted octanol–water partition coefficient (Wildman–Crippen LogP) is 5.26. The average Bonchev–Trinajstić information content (AvgIpc) is 2.28. The fraction of sp³-hybridized carbons (Fsp3) is 0.438. The summed E-state index contributed by atoms with van der Waals surface area (Å²) in [5.74, 6) is 0. The van der Waals surface area contributed by atoms with E-state index in [-0.39, 0.29) is 7.92 Å². The summed E-state index contributed by atoms with van der Waals surface area (Å²) < 4.78 is 0. The summed E-state index contributed by atoms with van der Waals surface area (Å²) in [6, 6.07) is 9.96. The van der Waals surface area contributed by atoms with Gasteiger partial charge in [-0.2, -0.15) is 0 Å². The maximum Gasteiger partial charge on any atom is 0.0615 e. The van der Waals surface area contributed by atoms with Crippen LogP contribution in [-0.2, 0) is 0 Å². The van der Waals surface area contributed by atoms with Gasteiger partial charge in [-0.05, 0) is 35.2 Å². The van der Waals surface area contributed by atoms with Gasteiger partial charge in [0, 0.05) is 0 Å². The molecule has 1 N–H and O–H groups in total. The van der Waals surface area contributed by atoms with E-state index in [9.17, 15) is 0 Å². The van der Waals surface area contributed by atoms with Crippen molar-refractivity contribution in [3.63, 3.8) is 0 Å². The number of benzene rings is 1. The van der Waals surface area contributed by atoms with Gasteiger partial charge in [0.2, 0.25) is 0 Å². The van der Waals surface area contributed by atoms with E-state index in [0.29, 0.717) is 17.0 Å². The van der Waals surface area contributed by atoms with Crippen molar-refractivity contribution in [1.29, 1.82) is 5.41 Å². The summed E-state index contributed by atoms with van der Waals surface area (Å²) in [5.41, 5.74) is 2.99. The van der Waals surface area contributed by atoms with Gasteiger partial charge >= 0.3 is 0 Å². The minimum Gasteiger partial charge on any atom is -0.300 e. The van der Waals surface area contributed by atoms with E-state index in [2.05, 4.69) is 40.7 Å². The lowest BCUT2D eigenvalue weighted by Crippen LogP contribution is -2.05. The van der Waals surface area contributed by atoms with Gasteiger partial charge in [0.05, 0.1) is 5.71 Å². The van der Waals surface area contributed by atoms with Gasteiger partial charge in [0.25, 0.3) is 0 Å². The summed E-state index contributed by atoms with van der Waals surface area (Å²) >= 11 is 0. The second kappa shape index (κ2) is 6.85. The first-order valence-electron chi connectivity index (χ1n) is 6.54. The van der Waals surface area contributed by atoms with Gasteiger partial charge < -0.3 is 5.41 Å². The third kappa shape index (κ3) is 4.07. The summed E-state index contributed by atoms with van der Waals surface area (Å²) in [5, 5.41) is 9.55. The third-order valence-electron chi connectivity index (χ3n) is 2.96. The van der Waals surface area contributed by atoms with Gasteiger partial charge in [-0.15, -0.1) is 0 Å². The zero-order chi connectivity index (χ0) is 13.7. The highest BCUT2D eigenvalue weighted by Gasteiger charge is 2.18. The first-order chi connectivity index (χ1) is 8.43. The Morgan fingerprint density at radius 3 is 2.00 bits per heavy atom. The third-order valence-corrected chi connectivity index (χ3v) is 6.13. The summed E-state index contributed by atoms with van der Waals surface area (Å²) in [7, 11) is -0.142. The Hall–Kier alpha value is -0.940. The van der Waals surface area contributed by atoms with Crippen molar-refractivity contribution < 1.29 is 0 Å². The Labute approximate surface area is 113 Å². The van der Waals surface area contributed by atoms with Crippen LogP contribution in [0.5, 0.6) is 0 Å². The van der Waals surface area contributed by atoms with E-state index in [1.54, 1.807) is 0 Å². The van der Waals surface area contributed by atoms with Crippen molar-refractivity contribution in [2.24, 2.45) is 0 Å². The number of hydrogen-bond acceptors (Lipinski definition) is 1. The molecule has 0 unspecified atom stereocenters. The SMILES string of the molecule is C/C(=C\C(=N)c1ccccc1)P(C(C)C)C(C)C. The molecule has 0 aromatic heterocycles. The van der Waals surface area contributed by atoms with Crippen LogP contribution in [0.1, 0.15) is 40.2 Å². The lowest BCUT2D eigenvalue weighted by atomic mass is 10.1. The van der Waals surface area contributed by atoms with Crippen molar-refractivity contribution in [1.82, 2.24) is 0 Å². The zero-order valence-electron chi connectivity index (χ0n) is 12.1. The Morgan fingerprint density at radius 2 is 1.56 bits per heavy atom. The van der Waals surface area contributed by atoms with Crippen LogP contribution < -0.4 is 0 Å². The molecule has 1 rings (SSSR count). The van der Waals surface area contributed by atoms with Gasteiger partial charge in [-0.25, -0.2) is 0 Å². The number of nitrogens with one attached hydrogen (secondary N) is 1. The topological polar surface area (TPSA) is 23.9 Å². The largest absolute Gasteiger partial charge is 0.300 e. The molecule has 1 aromatic rings. The van der Waals surface area contributed by atoms with Crippen molar-refractivity contribution in [2.75, 3.05) is 0 Å². The zero-order valence-corrected chi connectivity index (χ0v) is 13.0. The van der Waals surface area contributed by atoms with E-state index in [1.807, 2.05) is 30.3 Å². The second-order valence-corrected chi connectivity index (χ2v) is 8.75. The van der Waals surface area contributed by atoms with Crippen LogP contribution in [0.15, 0.2) is 41.7 Å². The molecule has 0 atom stereocenters. The summed E-state index contributed by atoms with van der Waals surface area (Å²) in [6.07, 6.45) is 2.06. The molecule has 0 radical (unpaired) electrons. The first-order valence-corrected chi connectivity index (χ1v) is 8.02. The number of rotatable bonds is 5. The molecule has 1 nitrogen and oxygen atoms in total. The van der Waals surface area contributed by atoms with Crippen LogP contribution in [0.25, 0.3) is 0 Å². The molecule has 0 aliphatic rings. The van der Waals surface area contributed by atoms with Gasteiger partial charge in [0.15, 0.2) is 0 Å². The summed E-state index contributed by atoms with van der Waals surface area (Å²) in [6.45, 7) is 11.3. The van der Waals surface area contributed by atoms with Crippen LogP contribution in [0.4, 0.5) is 0 Å². The fourth-order valence-corrected chi connectivity index (χ4v) is 5.50. The van der Waals surface area contributed by atoms with Crippen LogP contribution in [-0.4, -0.2) is 17.0 Å². The molecule has 0 fully saturated rings. The van der Waals surface area contributed by atoms with Crippen LogP contribution >= 0.6 is 7.92 Å². The van der Waals surface area contributed by atoms with Gasteiger partial charge in [0.1, 0.15) is 0 Å². The Bertz CT molecular complexity index is 410. The van der Waals surface area contributed by atoms with E-state index in [1.165, 1.54) is 5.31 Å². The molecule has 0 saturated heterocycles. The molecule has 18 heavy (non-hydrogen) atoms. The molecular formula is C16H24NP. The van der Waals surface area contributed by atoms with Crippen molar-refractivity contribution in [2.45, 2.75) is 45.9 Å². The molecular weight excluding hydrogens is 237 g/mol. The van der Waals surface area contributed by atoms with Crippen molar-refractivity contribution in [3.8, 4) is 0 Å². The highest BCUT2D eigenvalue weighted by atomic mass is 31.1. The maximum absolute atomic E-state index is 8.17. The van der Waals surface area contributed by atoms with Crippen LogP contribution in [0.2, 0.25) is 0 Å². The van der Waals surface area contributed by atoms with Crippen molar-refractivity contribution in [3.05, 3.63) is 47.3 Å². The minimum atomic E-state index is -0.142. The van der Waals surface area contributed by atoms with E-state index >= 15 is 0 Å².